The van der Waals surface area contributed by atoms with Crippen molar-refractivity contribution in [3.05, 3.63) is 71.8 Å². The molecule has 3 heterocycles. The van der Waals surface area contributed by atoms with Crippen LogP contribution in [-0.2, 0) is 19.7 Å². The van der Waals surface area contributed by atoms with Crippen molar-refractivity contribution >= 4 is 34.2 Å². The number of carbonyl (C=O) groups excluding carboxylic acids is 2. The number of benzene rings is 3. The number of nitrogens with one attached hydrogen (secondary N) is 2. The lowest BCUT2D eigenvalue weighted by atomic mass is 9.91. The maximum Gasteiger partial charge on any atom is 0.302 e. The van der Waals surface area contributed by atoms with E-state index >= 15 is 0 Å². The van der Waals surface area contributed by atoms with Gasteiger partial charge in [-0.05, 0) is 53.9 Å². The van der Waals surface area contributed by atoms with E-state index < -0.39 is 5.41 Å². The predicted octanol–water partition coefficient (Wildman–Crippen LogP) is 5.15. The highest BCUT2D eigenvalue weighted by molar-refractivity contribution is 6.10. The third-order valence-corrected chi connectivity index (χ3v) is 8.59. The number of carbonyl (C=O) groups is 2. The standard InChI is InChI=1S/C31H30N4O4/c1-18(36)39-22-11-13-35(14-12-22)21-6-3-19(4-7-21)29-24-9-5-20(15-28(24)33-34-29)26-17-31(26)25-16-23(38-2)8-10-27(25)32-30(31)37/h3-10,15-16,22,26H,11-14,17H2,1-2H3,(H,32,37)(H,33,34)/t26-,31-/m0/s1. The Labute approximate surface area is 226 Å². The van der Waals surface area contributed by atoms with Crippen LogP contribution in [0.25, 0.3) is 22.2 Å². The van der Waals surface area contributed by atoms with Crippen LogP contribution in [0.1, 0.15) is 43.2 Å². The van der Waals surface area contributed by atoms with Gasteiger partial charge < -0.3 is 19.7 Å². The van der Waals surface area contributed by atoms with Gasteiger partial charge in [0, 0.05) is 61.1 Å². The topological polar surface area (TPSA) is 96.6 Å². The Bertz CT molecular complexity index is 1600. The highest BCUT2D eigenvalue weighted by Gasteiger charge is 2.65. The van der Waals surface area contributed by atoms with Gasteiger partial charge in [0.05, 0.1) is 23.7 Å². The Morgan fingerprint density at radius 3 is 2.59 bits per heavy atom. The first-order valence-electron chi connectivity index (χ1n) is 13.5. The summed E-state index contributed by atoms with van der Waals surface area (Å²) in [6, 6.07) is 20.7. The molecule has 1 saturated heterocycles. The van der Waals surface area contributed by atoms with Gasteiger partial charge in [-0.1, -0.05) is 24.3 Å². The van der Waals surface area contributed by atoms with Crippen LogP contribution in [0.3, 0.4) is 0 Å². The van der Waals surface area contributed by atoms with Crippen LogP contribution in [0.5, 0.6) is 5.75 Å². The molecule has 1 aromatic heterocycles. The summed E-state index contributed by atoms with van der Waals surface area (Å²) in [5.74, 6) is 0.743. The smallest absolute Gasteiger partial charge is 0.302 e. The number of rotatable bonds is 5. The molecule has 3 aliphatic rings. The molecule has 0 unspecified atom stereocenters. The normalized spacial score (nSPS) is 22.2. The number of hydrogen-bond acceptors (Lipinski definition) is 6. The number of methoxy groups -OCH3 is 1. The number of H-pyrrole nitrogens is 1. The van der Waals surface area contributed by atoms with E-state index in [2.05, 4.69) is 62.9 Å². The Kier molecular flexibility index (Phi) is 5.40. The quantitative estimate of drug-likeness (QED) is 0.352. The number of amides is 1. The van der Waals surface area contributed by atoms with E-state index in [1.54, 1.807) is 7.11 Å². The van der Waals surface area contributed by atoms with Crippen LogP contribution in [0.15, 0.2) is 60.7 Å². The van der Waals surface area contributed by atoms with E-state index in [-0.39, 0.29) is 23.9 Å². The Morgan fingerprint density at radius 2 is 1.85 bits per heavy atom. The molecule has 2 atom stereocenters. The monoisotopic (exact) mass is 522 g/mol. The predicted molar refractivity (Wildman–Crippen MR) is 149 cm³/mol. The number of aromatic nitrogens is 2. The van der Waals surface area contributed by atoms with Crippen molar-refractivity contribution in [1.29, 1.82) is 0 Å². The molecule has 2 N–H and O–H groups in total. The maximum atomic E-state index is 13.1. The van der Waals surface area contributed by atoms with Crippen LogP contribution in [-0.4, -0.2) is 48.4 Å². The maximum absolute atomic E-state index is 13.1. The third-order valence-electron chi connectivity index (χ3n) is 8.59. The number of esters is 1. The van der Waals surface area contributed by atoms with E-state index in [1.807, 2.05) is 18.2 Å². The molecule has 7 rings (SSSR count). The fraction of sp³-hybridized carbons (Fsp3) is 0.323. The molecule has 0 bridgehead atoms. The van der Waals surface area contributed by atoms with Crippen LogP contribution in [0, 0.1) is 0 Å². The molecule has 0 radical (unpaired) electrons. The zero-order valence-electron chi connectivity index (χ0n) is 22.0. The summed E-state index contributed by atoms with van der Waals surface area (Å²) in [5, 5.41) is 12.0. The second kappa shape index (κ2) is 8.86. The minimum Gasteiger partial charge on any atom is -0.497 e. The molecule has 1 spiro atoms. The van der Waals surface area contributed by atoms with E-state index in [4.69, 9.17) is 9.47 Å². The van der Waals surface area contributed by atoms with Crippen molar-refractivity contribution < 1.29 is 19.1 Å². The summed E-state index contributed by atoms with van der Waals surface area (Å²) in [7, 11) is 1.65. The number of aromatic amines is 1. The van der Waals surface area contributed by atoms with Crippen LogP contribution < -0.4 is 15.0 Å². The Hall–Kier alpha value is -4.33. The minimum atomic E-state index is -0.525. The second-order valence-corrected chi connectivity index (χ2v) is 10.8. The lowest BCUT2D eigenvalue weighted by Crippen LogP contribution is -2.37. The molecule has 1 saturated carbocycles. The number of piperidine rings is 1. The number of fused-ring (bicyclic) bond motifs is 3. The number of anilines is 2. The lowest BCUT2D eigenvalue weighted by molar-refractivity contribution is -0.147. The highest BCUT2D eigenvalue weighted by Crippen LogP contribution is 2.65. The summed E-state index contributed by atoms with van der Waals surface area (Å²) in [6.45, 7) is 3.20. The van der Waals surface area contributed by atoms with E-state index in [1.165, 1.54) is 6.92 Å². The molecular formula is C31H30N4O4. The first-order chi connectivity index (χ1) is 19.0. The van der Waals surface area contributed by atoms with E-state index in [0.29, 0.717) is 0 Å². The average molecular weight is 523 g/mol. The fourth-order valence-electron chi connectivity index (χ4n) is 6.47. The molecule has 39 heavy (non-hydrogen) atoms. The van der Waals surface area contributed by atoms with Gasteiger partial charge in [0.25, 0.3) is 0 Å². The largest absolute Gasteiger partial charge is 0.497 e. The van der Waals surface area contributed by atoms with Crippen molar-refractivity contribution in [3.63, 3.8) is 0 Å². The van der Waals surface area contributed by atoms with Crippen molar-refractivity contribution in [2.24, 2.45) is 0 Å². The first kappa shape index (κ1) is 23.8. The Morgan fingerprint density at radius 1 is 1.05 bits per heavy atom. The van der Waals surface area contributed by atoms with Crippen LogP contribution >= 0.6 is 0 Å². The summed E-state index contributed by atoms with van der Waals surface area (Å²) in [4.78, 5) is 26.6. The summed E-state index contributed by atoms with van der Waals surface area (Å²) < 4.78 is 10.8. The molecule has 1 aliphatic carbocycles. The van der Waals surface area contributed by atoms with Crippen molar-refractivity contribution in [1.82, 2.24) is 10.2 Å². The van der Waals surface area contributed by atoms with Gasteiger partial charge in [-0.2, -0.15) is 5.10 Å². The molecule has 2 aliphatic heterocycles. The molecule has 4 aromatic rings. The molecule has 198 valence electrons. The van der Waals surface area contributed by atoms with Gasteiger partial charge in [0.1, 0.15) is 11.9 Å². The highest BCUT2D eigenvalue weighted by atomic mass is 16.5. The number of ether oxygens (including phenoxy) is 2. The summed E-state index contributed by atoms with van der Waals surface area (Å²) >= 11 is 0. The van der Waals surface area contributed by atoms with Gasteiger partial charge in [-0.3, -0.25) is 14.7 Å². The molecule has 3 aromatic carbocycles. The average Bonchev–Trinajstić information content (AvgIpc) is 3.48. The fourth-order valence-corrected chi connectivity index (χ4v) is 6.47. The van der Waals surface area contributed by atoms with Crippen molar-refractivity contribution in [2.45, 2.75) is 43.6 Å². The van der Waals surface area contributed by atoms with Crippen molar-refractivity contribution in [3.8, 4) is 17.0 Å². The Balaban J connectivity index is 1.10. The zero-order chi connectivity index (χ0) is 26.7. The third kappa shape index (κ3) is 3.85. The zero-order valence-corrected chi connectivity index (χ0v) is 22.0. The summed E-state index contributed by atoms with van der Waals surface area (Å²) in [6.07, 6.45) is 2.49. The SMILES string of the molecule is COc1ccc2c(c1)[C@]1(C[C@H]1c1ccc3c(-c4ccc(N5CCC(OC(C)=O)CC5)cc4)n[nH]c3c1)C(=O)N2. The minimum absolute atomic E-state index is 0.0180. The lowest BCUT2D eigenvalue weighted by Gasteiger charge is -2.33. The number of nitrogens with zero attached hydrogens (tertiary/aromatic N) is 2. The van der Waals surface area contributed by atoms with Gasteiger partial charge in [0.2, 0.25) is 5.91 Å². The molecule has 2 fully saturated rings. The molecule has 8 nitrogen and oxygen atoms in total. The summed E-state index contributed by atoms with van der Waals surface area (Å²) in [5.41, 5.74) is 6.60. The second-order valence-electron chi connectivity index (χ2n) is 10.8. The van der Waals surface area contributed by atoms with Gasteiger partial charge in [-0.25, -0.2) is 0 Å². The van der Waals surface area contributed by atoms with Crippen LogP contribution in [0.2, 0.25) is 0 Å². The molecular weight excluding hydrogens is 492 g/mol. The van der Waals surface area contributed by atoms with Crippen LogP contribution in [0.4, 0.5) is 11.4 Å². The van der Waals surface area contributed by atoms with E-state index in [9.17, 15) is 9.59 Å². The van der Waals surface area contributed by atoms with Crippen molar-refractivity contribution in [2.75, 3.05) is 30.4 Å². The van der Waals surface area contributed by atoms with E-state index in [0.717, 1.165) is 82.8 Å². The van der Waals surface area contributed by atoms with Gasteiger partial charge >= 0.3 is 5.97 Å². The number of hydrogen-bond donors (Lipinski definition) is 2. The van der Waals surface area contributed by atoms with Gasteiger partial charge in [0.15, 0.2) is 0 Å². The van der Waals surface area contributed by atoms with Gasteiger partial charge in [-0.15, -0.1) is 0 Å². The first-order valence-corrected chi connectivity index (χ1v) is 13.5. The molecule has 8 heteroatoms. The molecule has 1 amide bonds.